The first-order valence-corrected chi connectivity index (χ1v) is 4.55. The summed E-state index contributed by atoms with van der Waals surface area (Å²) < 4.78 is 10.3. The summed E-state index contributed by atoms with van der Waals surface area (Å²) in [6.07, 6.45) is 2.79. The zero-order valence-electron chi connectivity index (χ0n) is 8.86. The van der Waals surface area contributed by atoms with Crippen LogP contribution >= 0.6 is 0 Å². The highest BCUT2D eigenvalue weighted by molar-refractivity contribution is 6.36. The zero-order valence-corrected chi connectivity index (χ0v) is 8.86. The predicted octanol–water partition coefficient (Wildman–Crippen LogP) is 1.21. The van der Waals surface area contributed by atoms with E-state index >= 15 is 0 Å². The van der Waals surface area contributed by atoms with Crippen molar-refractivity contribution in [1.29, 1.82) is 0 Å². The third-order valence-electron chi connectivity index (χ3n) is 1.50. The quantitative estimate of drug-likeness (QED) is 0.430. The Bertz CT molecular complexity index is 319. The zero-order chi connectivity index (χ0) is 12.0. The largest absolute Gasteiger partial charge is 0.770 e. The second kappa shape index (κ2) is 6.28. The summed E-state index contributed by atoms with van der Waals surface area (Å²) in [5.74, 6) is 0.563. The molecule has 7 nitrogen and oxygen atoms in total. The lowest BCUT2D eigenvalue weighted by Gasteiger charge is -2.14. The van der Waals surface area contributed by atoms with E-state index in [9.17, 15) is 0 Å². The number of rotatable bonds is 6. The minimum Gasteiger partial charge on any atom is -0.505 e. The van der Waals surface area contributed by atoms with Gasteiger partial charge in [-0.15, -0.1) is 0 Å². The normalized spacial score (nSPS) is 10.3. The molecule has 0 fully saturated rings. The maximum atomic E-state index is 8.29. The van der Waals surface area contributed by atoms with Crippen molar-refractivity contribution in [3.8, 4) is 11.5 Å². The van der Waals surface area contributed by atoms with Crippen molar-refractivity contribution in [3.63, 3.8) is 0 Å². The summed E-state index contributed by atoms with van der Waals surface area (Å²) in [5, 5.41) is 16.6. The number of ether oxygens (including phenoxy) is 1. The van der Waals surface area contributed by atoms with E-state index < -0.39 is 7.32 Å². The van der Waals surface area contributed by atoms with Crippen molar-refractivity contribution in [1.82, 2.24) is 4.98 Å². The molecule has 0 atom stereocenters. The van der Waals surface area contributed by atoms with Crippen molar-refractivity contribution in [2.24, 2.45) is 0 Å². The Balaban J connectivity index is 2.77. The van der Waals surface area contributed by atoms with E-state index in [-0.39, 0.29) is 11.9 Å². The van der Waals surface area contributed by atoms with Crippen LogP contribution in [0.1, 0.15) is 13.8 Å². The maximum absolute atomic E-state index is 8.29. The first-order chi connectivity index (χ1) is 7.67. The van der Waals surface area contributed by atoms with Crippen LogP contribution in [0.15, 0.2) is 18.5 Å². The second-order valence-electron chi connectivity index (χ2n) is 3.11. The number of hydrogen-bond donors (Lipinski definition) is 2. The molecule has 1 aromatic heterocycles. The fourth-order valence-electron chi connectivity index (χ4n) is 0.973. The summed E-state index contributed by atoms with van der Waals surface area (Å²) in [7, 11) is -1.65. The lowest BCUT2D eigenvalue weighted by molar-refractivity contribution is -0.242. The Kier molecular flexibility index (Phi) is 5.00. The van der Waals surface area contributed by atoms with Crippen LogP contribution in [0.25, 0.3) is 0 Å². The Morgan fingerprint density at radius 3 is 2.50 bits per heavy atom. The summed E-state index contributed by atoms with van der Waals surface area (Å²) in [6, 6.07) is 1.57. The van der Waals surface area contributed by atoms with Crippen molar-refractivity contribution < 1.29 is 29.5 Å². The molecule has 1 rings (SSSR count). The monoisotopic (exact) mass is 229 g/mol. The molecule has 0 spiro atoms. The SMILES string of the molecule is CC(C)Oc1ccncc1OB(OO)OO. The molecule has 1 aromatic rings. The molecule has 0 saturated heterocycles. The lowest BCUT2D eigenvalue weighted by Crippen LogP contribution is -2.28. The third kappa shape index (κ3) is 3.67. The summed E-state index contributed by atoms with van der Waals surface area (Å²) in [6.45, 7) is 3.68. The van der Waals surface area contributed by atoms with E-state index in [1.807, 2.05) is 13.8 Å². The van der Waals surface area contributed by atoms with Gasteiger partial charge in [-0.3, -0.25) is 15.5 Å². The average Bonchev–Trinajstić information content (AvgIpc) is 2.27. The lowest BCUT2D eigenvalue weighted by atomic mass is 10.2. The molecule has 8 heteroatoms. The fraction of sp³-hybridized carbons (Fsp3) is 0.375. The smallest absolute Gasteiger partial charge is 0.505 e. The van der Waals surface area contributed by atoms with Crippen LogP contribution in [0.5, 0.6) is 11.5 Å². The predicted molar refractivity (Wildman–Crippen MR) is 53.8 cm³/mol. The van der Waals surface area contributed by atoms with Gasteiger partial charge in [-0.05, 0) is 13.8 Å². The summed E-state index contributed by atoms with van der Waals surface area (Å²) >= 11 is 0. The van der Waals surface area contributed by atoms with Gasteiger partial charge in [-0.2, -0.15) is 0 Å². The summed E-state index contributed by atoms with van der Waals surface area (Å²) in [5.41, 5.74) is 0. The molecule has 0 radical (unpaired) electrons. The molecular weight excluding hydrogens is 217 g/mol. The molecule has 16 heavy (non-hydrogen) atoms. The van der Waals surface area contributed by atoms with E-state index in [1.165, 1.54) is 12.4 Å². The molecule has 1 heterocycles. The molecule has 0 aliphatic heterocycles. The minimum atomic E-state index is -1.65. The molecule has 0 bridgehead atoms. The van der Waals surface area contributed by atoms with Crippen molar-refractivity contribution in [3.05, 3.63) is 18.5 Å². The van der Waals surface area contributed by atoms with Gasteiger partial charge in [0.05, 0.1) is 12.3 Å². The van der Waals surface area contributed by atoms with Crippen LogP contribution < -0.4 is 9.39 Å². The van der Waals surface area contributed by atoms with Gasteiger partial charge in [0.15, 0.2) is 11.5 Å². The van der Waals surface area contributed by atoms with Gasteiger partial charge in [-0.25, -0.2) is 9.61 Å². The molecule has 2 N–H and O–H groups in total. The van der Waals surface area contributed by atoms with Gasteiger partial charge in [-0.1, -0.05) is 0 Å². The maximum Gasteiger partial charge on any atom is 0.770 e. The van der Waals surface area contributed by atoms with Gasteiger partial charge in [0.2, 0.25) is 0 Å². The Hall–Kier alpha value is -1.35. The number of aromatic nitrogens is 1. The Morgan fingerprint density at radius 1 is 1.25 bits per heavy atom. The average molecular weight is 229 g/mol. The molecule has 0 aliphatic rings. The van der Waals surface area contributed by atoms with Gasteiger partial charge >= 0.3 is 7.32 Å². The molecular formula is C8H12BNO6. The van der Waals surface area contributed by atoms with E-state index in [2.05, 4.69) is 14.6 Å². The summed E-state index contributed by atoms with van der Waals surface area (Å²) in [4.78, 5) is 11.2. The van der Waals surface area contributed by atoms with Crippen LogP contribution in [0.2, 0.25) is 0 Å². The van der Waals surface area contributed by atoms with Gasteiger partial charge in [0, 0.05) is 12.3 Å². The fourth-order valence-corrected chi connectivity index (χ4v) is 0.973. The van der Waals surface area contributed by atoms with Crippen LogP contribution in [0, 0.1) is 0 Å². The molecule has 0 saturated carbocycles. The van der Waals surface area contributed by atoms with Crippen LogP contribution in [-0.2, 0) is 9.61 Å². The van der Waals surface area contributed by atoms with Crippen molar-refractivity contribution in [2.45, 2.75) is 20.0 Å². The van der Waals surface area contributed by atoms with E-state index in [0.717, 1.165) is 0 Å². The number of pyridine rings is 1. The first-order valence-electron chi connectivity index (χ1n) is 4.55. The Labute approximate surface area is 92.6 Å². The van der Waals surface area contributed by atoms with E-state index in [4.69, 9.17) is 19.9 Å². The highest BCUT2D eigenvalue weighted by Gasteiger charge is 2.26. The topological polar surface area (TPSA) is 90.3 Å². The highest BCUT2D eigenvalue weighted by Crippen LogP contribution is 2.26. The van der Waals surface area contributed by atoms with Crippen molar-refractivity contribution in [2.75, 3.05) is 0 Å². The minimum absolute atomic E-state index is 0.0618. The number of hydrogen-bond acceptors (Lipinski definition) is 7. The first kappa shape index (κ1) is 12.7. The molecule has 0 unspecified atom stereocenters. The van der Waals surface area contributed by atoms with Gasteiger partial charge in [0.25, 0.3) is 0 Å². The molecule has 0 aromatic carbocycles. The van der Waals surface area contributed by atoms with Gasteiger partial charge in [0.1, 0.15) is 0 Å². The van der Waals surface area contributed by atoms with Crippen molar-refractivity contribution >= 4 is 7.32 Å². The Morgan fingerprint density at radius 2 is 1.94 bits per heavy atom. The highest BCUT2D eigenvalue weighted by atomic mass is 17.2. The molecule has 88 valence electrons. The van der Waals surface area contributed by atoms with Crippen LogP contribution in [-0.4, -0.2) is 28.9 Å². The third-order valence-corrected chi connectivity index (χ3v) is 1.50. The number of nitrogens with zero attached hydrogens (tertiary/aromatic N) is 1. The van der Waals surface area contributed by atoms with Crippen LogP contribution in [0.3, 0.4) is 0 Å². The van der Waals surface area contributed by atoms with E-state index in [1.54, 1.807) is 6.07 Å². The standard InChI is InChI=1S/C8H12BNO6/c1-6(2)13-7-3-4-10-5-8(7)14-9(15-11)16-12/h3-6,11-12H,1-2H3. The van der Waals surface area contributed by atoms with E-state index in [0.29, 0.717) is 5.75 Å². The van der Waals surface area contributed by atoms with Gasteiger partial charge < -0.3 is 9.39 Å². The molecule has 0 aliphatic carbocycles. The molecule has 0 amide bonds. The van der Waals surface area contributed by atoms with Crippen LogP contribution in [0.4, 0.5) is 0 Å². The second-order valence-corrected chi connectivity index (χ2v) is 3.11.